The summed E-state index contributed by atoms with van der Waals surface area (Å²) in [6.45, 7) is 0.539. The molecule has 23 heavy (non-hydrogen) atoms. The third kappa shape index (κ3) is 3.35. The minimum absolute atomic E-state index is 0.0457. The van der Waals surface area contributed by atoms with Crippen LogP contribution in [0.3, 0.4) is 0 Å². The molecule has 2 aromatic rings. The summed E-state index contributed by atoms with van der Waals surface area (Å²) in [6, 6.07) is 11.9. The molecule has 0 saturated carbocycles. The van der Waals surface area contributed by atoms with Crippen molar-refractivity contribution in [3.8, 4) is 0 Å². The summed E-state index contributed by atoms with van der Waals surface area (Å²) in [6.07, 6.45) is 0.622. The van der Waals surface area contributed by atoms with Gasteiger partial charge >= 0.3 is 0 Å². The van der Waals surface area contributed by atoms with Crippen molar-refractivity contribution in [2.24, 2.45) is 0 Å². The average molecular weight is 338 g/mol. The highest BCUT2D eigenvalue weighted by Crippen LogP contribution is 2.25. The van der Waals surface area contributed by atoms with Gasteiger partial charge < -0.3 is 5.32 Å². The molecule has 1 unspecified atom stereocenters. The lowest BCUT2D eigenvalue weighted by molar-refractivity contribution is 0.465. The van der Waals surface area contributed by atoms with Gasteiger partial charge in [0.05, 0.1) is 0 Å². The third-order valence-corrected chi connectivity index (χ3v) is 5.71. The quantitative estimate of drug-likeness (QED) is 0.933. The van der Waals surface area contributed by atoms with Gasteiger partial charge in [0.1, 0.15) is 16.5 Å². The summed E-state index contributed by atoms with van der Waals surface area (Å²) in [4.78, 5) is -0.487. The zero-order valence-corrected chi connectivity index (χ0v) is 13.1. The number of nitrogens with one attached hydrogen (secondary N) is 1. The number of nitrogens with zero attached hydrogens (tertiary/aromatic N) is 1. The fourth-order valence-corrected chi connectivity index (χ4v) is 4.20. The van der Waals surface area contributed by atoms with Gasteiger partial charge in [0.15, 0.2) is 0 Å². The van der Waals surface area contributed by atoms with Gasteiger partial charge in [-0.05, 0) is 30.7 Å². The van der Waals surface area contributed by atoms with Crippen LogP contribution in [0.1, 0.15) is 6.42 Å². The molecular weight excluding hydrogens is 322 g/mol. The summed E-state index contributed by atoms with van der Waals surface area (Å²) < 4.78 is 53.0. The highest BCUT2D eigenvalue weighted by molar-refractivity contribution is 7.89. The number of para-hydroxylation sites is 1. The molecule has 1 atom stereocenters. The smallest absolute Gasteiger partial charge is 0.246 e. The standard InChI is InChI=1S/C16H16F2N2O2S/c17-12-6-7-16(15(18)10-12)23(21,22)20-9-8-14(11-20)19-13-4-2-1-3-5-13/h1-7,10,14,19H,8-9,11H2. The minimum Gasteiger partial charge on any atom is -0.381 e. The number of hydrogen-bond acceptors (Lipinski definition) is 3. The zero-order chi connectivity index (χ0) is 16.4. The fraction of sp³-hybridized carbons (Fsp3) is 0.250. The first-order valence-corrected chi connectivity index (χ1v) is 8.67. The van der Waals surface area contributed by atoms with E-state index < -0.39 is 26.6 Å². The van der Waals surface area contributed by atoms with E-state index in [9.17, 15) is 17.2 Å². The van der Waals surface area contributed by atoms with Gasteiger partial charge in [-0.2, -0.15) is 4.31 Å². The SMILES string of the molecule is O=S(=O)(c1ccc(F)cc1F)N1CCC(Nc2ccccc2)C1. The second kappa shape index (κ2) is 6.25. The Morgan fingerprint density at radius 2 is 1.83 bits per heavy atom. The van der Waals surface area contributed by atoms with Crippen LogP contribution in [0.2, 0.25) is 0 Å². The van der Waals surface area contributed by atoms with E-state index in [0.717, 1.165) is 17.8 Å². The number of sulfonamides is 1. The van der Waals surface area contributed by atoms with E-state index in [0.29, 0.717) is 19.0 Å². The summed E-state index contributed by atoms with van der Waals surface area (Å²) in [5.41, 5.74) is 0.907. The fourth-order valence-electron chi connectivity index (χ4n) is 2.66. The lowest BCUT2D eigenvalue weighted by Crippen LogP contribution is -2.32. The Hall–Kier alpha value is -1.99. The van der Waals surface area contributed by atoms with E-state index in [-0.39, 0.29) is 12.6 Å². The van der Waals surface area contributed by atoms with Crippen LogP contribution in [0.25, 0.3) is 0 Å². The van der Waals surface area contributed by atoms with Gasteiger partial charge in [-0.25, -0.2) is 17.2 Å². The number of benzene rings is 2. The molecule has 0 amide bonds. The minimum atomic E-state index is -3.96. The Kier molecular flexibility index (Phi) is 4.32. The van der Waals surface area contributed by atoms with Gasteiger partial charge in [-0.15, -0.1) is 0 Å². The van der Waals surface area contributed by atoms with Crippen LogP contribution < -0.4 is 5.32 Å². The van der Waals surface area contributed by atoms with Crippen LogP contribution in [0.4, 0.5) is 14.5 Å². The first-order chi connectivity index (χ1) is 11.0. The summed E-state index contributed by atoms with van der Waals surface area (Å²) >= 11 is 0. The van der Waals surface area contributed by atoms with Gasteiger partial charge in [0.2, 0.25) is 10.0 Å². The van der Waals surface area contributed by atoms with E-state index in [2.05, 4.69) is 5.32 Å². The first-order valence-electron chi connectivity index (χ1n) is 7.23. The van der Waals surface area contributed by atoms with E-state index in [1.54, 1.807) is 0 Å². The van der Waals surface area contributed by atoms with Crippen LogP contribution >= 0.6 is 0 Å². The normalized spacial score (nSPS) is 19.0. The van der Waals surface area contributed by atoms with Crippen molar-refractivity contribution < 1.29 is 17.2 Å². The molecule has 1 N–H and O–H groups in total. The molecule has 3 rings (SSSR count). The topological polar surface area (TPSA) is 49.4 Å². The Bertz CT molecular complexity index is 797. The average Bonchev–Trinajstić information content (AvgIpc) is 2.97. The van der Waals surface area contributed by atoms with E-state index >= 15 is 0 Å². The van der Waals surface area contributed by atoms with Crippen molar-refractivity contribution in [2.45, 2.75) is 17.4 Å². The summed E-state index contributed by atoms with van der Waals surface area (Å²) in [5.74, 6) is -1.86. The van der Waals surface area contributed by atoms with Gasteiger partial charge in [-0.3, -0.25) is 0 Å². The largest absolute Gasteiger partial charge is 0.381 e. The second-order valence-electron chi connectivity index (χ2n) is 5.43. The van der Waals surface area contributed by atoms with Crippen molar-refractivity contribution >= 4 is 15.7 Å². The molecule has 0 bridgehead atoms. The molecule has 0 aliphatic carbocycles. The number of anilines is 1. The number of hydrogen-bond donors (Lipinski definition) is 1. The highest BCUT2D eigenvalue weighted by Gasteiger charge is 2.34. The number of rotatable bonds is 4. The van der Waals surface area contributed by atoms with Crippen molar-refractivity contribution in [2.75, 3.05) is 18.4 Å². The lowest BCUT2D eigenvalue weighted by atomic mass is 10.2. The maximum Gasteiger partial charge on any atom is 0.246 e. The molecule has 122 valence electrons. The summed E-state index contributed by atoms with van der Waals surface area (Å²) in [5, 5.41) is 3.26. The molecule has 0 aromatic heterocycles. The Morgan fingerprint density at radius 3 is 2.52 bits per heavy atom. The molecule has 2 aromatic carbocycles. The third-order valence-electron chi connectivity index (χ3n) is 3.81. The molecule has 4 nitrogen and oxygen atoms in total. The van der Waals surface area contributed by atoms with Gasteiger partial charge in [-0.1, -0.05) is 18.2 Å². The predicted octanol–water partition coefficient (Wildman–Crippen LogP) is 2.84. The lowest BCUT2D eigenvalue weighted by Gasteiger charge is -2.18. The molecule has 0 radical (unpaired) electrons. The summed E-state index contributed by atoms with van der Waals surface area (Å²) in [7, 11) is -3.96. The van der Waals surface area contributed by atoms with Crippen molar-refractivity contribution in [1.29, 1.82) is 0 Å². The molecule has 1 heterocycles. The molecule has 1 aliphatic heterocycles. The van der Waals surface area contributed by atoms with Crippen molar-refractivity contribution in [1.82, 2.24) is 4.31 Å². The van der Waals surface area contributed by atoms with Crippen LogP contribution in [0, 0.1) is 11.6 Å². The zero-order valence-electron chi connectivity index (χ0n) is 12.2. The molecule has 1 saturated heterocycles. The van der Waals surface area contributed by atoms with Gasteiger partial charge in [0.25, 0.3) is 0 Å². The van der Waals surface area contributed by atoms with Gasteiger partial charge in [0, 0.05) is 30.9 Å². The predicted molar refractivity (Wildman–Crippen MR) is 83.6 cm³/mol. The van der Waals surface area contributed by atoms with E-state index in [4.69, 9.17) is 0 Å². The molecule has 7 heteroatoms. The van der Waals surface area contributed by atoms with Crippen LogP contribution in [0.15, 0.2) is 53.4 Å². The highest BCUT2D eigenvalue weighted by atomic mass is 32.2. The van der Waals surface area contributed by atoms with Crippen LogP contribution in [-0.2, 0) is 10.0 Å². The first kappa shape index (κ1) is 15.9. The Balaban J connectivity index is 1.75. The van der Waals surface area contributed by atoms with Crippen LogP contribution in [-0.4, -0.2) is 31.9 Å². The Morgan fingerprint density at radius 1 is 1.09 bits per heavy atom. The molecular formula is C16H16F2N2O2S. The van der Waals surface area contributed by atoms with Crippen molar-refractivity contribution in [3.63, 3.8) is 0 Å². The maximum absolute atomic E-state index is 13.8. The second-order valence-corrected chi connectivity index (χ2v) is 7.34. The molecule has 1 aliphatic rings. The molecule has 1 fully saturated rings. The number of halogens is 2. The van der Waals surface area contributed by atoms with E-state index in [1.165, 1.54) is 4.31 Å². The van der Waals surface area contributed by atoms with Crippen LogP contribution in [0.5, 0.6) is 0 Å². The van der Waals surface area contributed by atoms with Crippen molar-refractivity contribution in [3.05, 3.63) is 60.2 Å². The monoisotopic (exact) mass is 338 g/mol. The molecule has 0 spiro atoms. The Labute approximate surface area is 133 Å². The van der Waals surface area contributed by atoms with E-state index in [1.807, 2.05) is 30.3 Å². The maximum atomic E-state index is 13.8.